The topological polar surface area (TPSA) is 54.0 Å². The fraction of sp³-hybridized carbons (Fsp3) is 0.235. The van der Waals surface area contributed by atoms with Crippen LogP contribution in [0.2, 0.25) is 0 Å². The number of carbonyl (C=O) groups excluding carboxylic acids is 1. The quantitative estimate of drug-likeness (QED) is 0.712. The average molecular weight is 381 g/mol. The van der Waals surface area contributed by atoms with Crippen molar-refractivity contribution in [2.24, 2.45) is 0 Å². The second-order valence-corrected chi connectivity index (χ2v) is 5.51. The first-order valence-corrected chi connectivity index (χ1v) is 7.60. The van der Waals surface area contributed by atoms with Crippen LogP contribution in [0.4, 0.5) is 0 Å². The molecule has 0 saturated carbocycles. The van der Waals surface area contributed by atoms with Crippen LogP contribution in [0.25, 0.3) is 0 Å². The van der Waals surface area contributed by atoms with Gasteiger partial charge in [-0.3, -0.25) is 0 Å². The number of halogens is 1. The molecule has 2 rings (SSSR count). The average Bonchev–Trinajstić information content (AvgIpc) is 2.59. The molecule has 0 fully saturated rings. The third kappa shape index (κ3) is 4.16. The lowest BCUT2D eigenvalue weighted by molar-refractivity contribution is 0.0597. The van der Waals surface area contributed by atoms with Gasteiger partial charge in [0.25, 0.3) is 0 Å². The number of hydrogen-bond acceptors (Lipinski definition) is 5. The van der Waals surface area contributed by atoms with Gasteiger partial charge in [-0.05, 0) is 24.3 Å². The normalized spacial score (nSPS) is 10.1. The van der Waals surface area contributed by atoms with Crippen molar-refractivity contribution in [3.8, 4) is 17.2 Å². The number of carbonyl (C=O) groups is 1. The van der Waals surface area contributed by atoms with Crippen LogP contribution in [0.5, 0.6) is 17.2 Å². The Bertz CT molecular complexity index is 699. The maximum absolute atomic E-state index is 11.8. The summed E-state index contributed by atoms with van der Waals surface area (Å²) in [4.78, 5) is 11.8. The molecule has 0 unspecified atom stereocenters. The van der Waals surface area contributed by atoms with Crippen molar-refractivity contribution >= 4 is 21.9 Å². The number of hydrogen-bond donors (Lipinski definition) is 0. The molecule has 0 atom stereocenters. The second-order valence-electron chi connectivity index (χ2n) is 4.60. The van der Waals surface area contributed by atoms with Gasteiger partial charge in [-0.15, -0.1) is 0 Å². The SMILES string of the molecule is COC(=O)c1cc(Br)ccc1COc1ccc(OC)c(OC)c1. The van der Waals surface area contributed by atoms with Gasteiger partial charge in [0, 0.05) is 16.1 Å². The van der Waals surface area contributed by atoms with Crippen LogP contribution < -0.4 is 14.2 Å². The zero-order valence-electron chi connectivity index (χ0n) is 13.1. The third-order valence-electron chi connectivity index (χ3n) is 3.23. The number of methoxy groups -OCH3 is 3. The van der Waals surface area contributed by atoms with Gasteiger partial charge in [0.1, 0.15) is 12.4 Å². The molecule has 2 aromatic rings. The molecule has 0 aliphatic carbocycles. The molecule has 0 N–H and O–H groups in total. The van der Waals surface area contributed by atoms with Crippen molar-refractivity contribution < 1.29 is 23.7 Å². The van der Waals surface area contributed by atoms with Gasteiger partial charge < -0.3 is 18.9 Å². The van der Waals surface area contributed by atoms with Crippen LogP contribution in [0, 0.1) is 0 Å². The zero-order chi connectivity index (χ0) is 16.8. The van der Waals surface area contributed by atoms with Gasteiger partial charge in [-0.25, -0.2) is 4.79 Å². The van der Waals surface area contributed by atoms with E-state index in [1.165, 1.54) is 7.11 Å². The minimum absolute atomic E-state index is 0.229. The predicted octanol–water partition coefficient (Wildman–Crippen LogP) is 3.83. The largest absolute Gasteiger partial charge is 0.493 e. The highest BCUT2D eigenvalue weighted by Gasteiger charge is 2.13. The van der Waals surface area contributed by atoms with E-state index in [0.29, 0.717) is 22.8 Å². The van der Waals surface area contributed by atoms with Gasteiger partial charge in [-0.2, -0.15) is 0 Å². The minimum atomic E-state index is -0.405. The van der Waals surface area contributed by atoms with Crippen molar-refractivity contribution in [1.29, 1.82) is 0 Å². The van der Waals surface area contributed by atoms with Crippen LogP contribution in [-0.4, -0.2) is 27.3 Å². The summed E-state index contributed by atoms with van der Waals surface area (Å²) in [5.41, 5.74) is 1.19. The molecular weight excluding hydrogens is 364 g/mol. The molecular formula is C17H17BrO5. The number of ether oxygens (including phenoxy) is 4. The summed E-state index contributed by atoms with van der Waals surface area (Å²) in [6, 6.07) is 10.6. The lowest BCUT2D eigenvalue weighted by Gasteiger charge is -2.12. The molecule has 0 amide bonds. The fourth-order valence-electron chi connectivity index (χ4n) is 2.04. The lowest BCUT2D eigenvalue weighted by atomic mass is 10.1. The standard InChI is InChI=1S/C17H17BrO5/c1-20-15-7-6-13(9-16(15)21-2)23-10-11-4-5-12(18)8-14(11)17(19)22-3/h4-9H,10H2,1-3H3. The van der Waals surface area contributed by atoms with Crippen LogP contribution in [0.15, 0.2) is 40.9 Å². The van der Waals surface area contributed by atoms with E-state index in [1.807, 2.05) is 12.1 Å². The molecule has 0 aliphatic heterocycles. The first-order valence-electron chi connectivity index (χ1n) is 6.80. The van der Waals surface area contributed by atoms with Gasteiger partial charge in [0.15, 0.2) is 11.5 Å². The van der Waals surface area contributed by atoms with Crippen molar-refractivity contribution in [3.05, 3.63) is 52.0 Å². The molecule has 0 saturated heterocycles. The van der Waals surface area contributed by atoms with Crippen molar-refractivity contribution in [2.75, 3.05) is 21.3 Å². The Hall–Kier alpha value is -2.21. The summed E-state index contributed by atoms with van der Waals surface area (Å²) in [6.07, 6.45) is 0. The van der Waals surface area contributed by atoms with Crippen molar-refractivity contribution in [2.45, 2.75) is 6.61 Å². The van der Waals surface area contributed by atoms with E-state index in [9.17, 15) is 4.79 Å². The second kappa shape index (κ2) is 7.87. The van der Waals surface area contributed by atoms with E-state index in [-0.39, 0.29) is 6.61 Å². The molecule has 0 aromatic heterocycles. The number of benzene rings is 2. The summed E-state index contributed by atoms with van der Waals surface area (Å²) in [5.74, 6) is 1.41. The van der Waals surface area contributed by atoms with Crippen molar-refractivity contribution in [3.63, 3.8) is 0 Å². The minimum Gasteiger partial charge on any atom is -0.493 e. The molecule has 23 heavy (non-hydrogen) atoms. The molecule has 0 heterocycles. The van der Waals surface area contributed by atoms with E-state index >= 15 is 0 Å². The lowest BCUT2D eigenvalue weighted by Crippen LogP contribution is -2.08. The Labute approximate surface area is 143 Å². The summed E-state index contributed by atoms with van der Waals surface area (Å²) in [5, 5.41) is 0. The molecule has 6 heteroatoms. The number of rotatable bonds is 6. The summed E-state index contributed by atoms with van der Waals surface area (Å²) in [6.45, 7) is 0.229. The third-order valence-corrected chi connectivity index (χ3v) is 3.72. The molecule has 122 valence electrons. The smallest absolute Gasteiger partial charge is 0.338 e. The Morgan fingerprint density at radius 1 is 1.00 bits per heavy atom. The van der Waals surface area contributed by atoms with Gasteiger partial charge in [-0.1, -0.05) is 22.0 Å². The van der Waals surface area contributed by atoms with E-state index in [1.54, 1.807) is 38.5 Å². The van der Waals surface area contributed by atoms with Crippen LogP contribution in [-0.2, 0) is 11.3 Å². The predicted molar refractivity (Wildman–Crippen MR) is 89.4 cm³/mol. The highest BCUT2D eigenvalue weighted by Crippen LogP contribution is 2.31. The molecule has 5 nitrogen and oxygen atoms in total. The highest BCUT2D eigenvalue weighted by molar-refractivity contribution is 9.10. The Morgan fingerprint density at radius 2 is 1.74 bits per heavy atom. The summed E-state index contributed by atoms with van der Waals surface area (Å²) >= 11 is 3.35. The Kier molecular flexibility index (Phi) is 5.87. The van der Waals surface area contributed by atoms with Gasteiger partial charge >= 0.3 is 5.97 Å². The zero-order valence-corrected chi connectivity index (χ0v) is 14.7. The van der Waals surface area contributed by atoms with Crippen LogP contribution in [0.3, 0.4) is 0 Å². The van der Waals surface area contributed by atoms with Crippen molar-refractivity contribution in [1.82, 2.24) is 0 Å². The van der Waals surface area contributed by atoms with Gasteiger partial charge in [0.05, 0.1) is 26.9 Å². The monoisotopic (exact) mass is 380 g/mol. The molecule has 0 spiro atoms. The molecule has 0 bridgehead atoms. The molecule has 0 aliphatic rings. The Balaban J connectivity index is 2.19. The van der Waals surface area contributed by atoms with Crippen LogP contribution in [0.1, 0.15) is 15.9 Å². The van der Waals surface area contributed by atoms with E-state index in [2.05, 4.69) is 15.9 Å². The Morgan fingerprint density at radius 3 is 2.39 bits per heavy atom. The van der Waals surface area contributed by atoms with Crippen LogP contribution >= 0.6 is 15.9 Å². The summed E-state index contributed by atoms with van der Waals surface area (Å²) < 4.78 is 21.8. The molecule has 0 radical (unpaired) electrons. The maximum atomic E-state index is 11.8. The fourth-order valence-corrected chi connectivity index (χ4v) is 2.40. The first-order chi connectivity index (χ1) is 11.1. The van der Waals surface area contributed by atoms with E-state index in [4.69, 9.17) is 18.9 Å². The highest BCUT2D eigenvalue weighted by atomic mass is 79.9. The number of esters is 1. The first kappa shape index (κ1) is 17.1. The van der Waals surface area contributed by atoms with Gasteiger partial charge in [0.2, 0.25) is 0 Å². The summed E-state index contributed by atoms with van der Waals surface area (Å²) in [7, 11) is 4.48. The maximum Gasteiger partial charge on any atom is 0.338 e. The van der Waals surface area contributed by atoms with E-state index in [0.717, 1.165) is 10.0 Å². The molecule has 2 aromatic carbocycles. The van der Waals surface area contributed by atoms with E-state index < -0.39 is 5.97 Å².